The molecule has 1 saturated carbocycles. The number of unbranched alkanes of at least 4 members (excludes halogenated alkanes) is 2. The minimum absolute atomic E-state index is 0.172. The van der Waals surface area contributed by atoms with Crippen molar-refractivity contribution in [1.29, 1.82) is 0 Å². The topological polar surface area (TPSA) is 179 Å². The molecule has 2 amide bonds. The van der Waals surface area contributed by atoms with E-state index in [1.165, 1.54) is 0 Å². The smallest absolute Gasteiger partial charge is 0.416 e. The fraction of sp³-hybridized carbons (Fsp3) is 0.391. The average molecular weight is 872 g/mol. The number of carboxylic acids is 1. The van der Waals surface area contributed by atoms with Gasteiger partial charge in [-0.1, -0.05) is 30.7 Å². The predicted octanol–water partition coefficient (Wildman–Crippen LogP) is 9.92. The average Bonchev–Trinajstić information content (AvgIpc) is 3.66. The van der Waals surface area contributed by atoms with Crippen LogP contribution < -0.4 is 25.4 Å². The Labute approximate surface area is 363 Å². The number of pyridine rings is 2. The van der Waals surface area contributed by atoms with Gasteiger partial charge in [-0.25, -0.2) is 14.8 Å². The molecule has 0 unspecified atom stereocenters. The lowest BCUT2D eigenvalue weighted by Crippen LogP contribution is -2.32. The fourth-order valence-electron chi connectivity index (χ4n) is 7.45. The van der Waals surface area contributed by atoms with Crippen molar-refractivity contribution < 1.29 is 46.9 Å². The summed E-state index contributed by atoms with van der Waals surface area (Å²) < 4.78 is 58.3. The predicted molar refractivity (Wildman–Crippen MR) is 233 cm³/mol. The first kappa shape index (κ1) is 45.9. The number of aliphatic carboxylic acids is 1. The highest BCUT2D eigenvalue weighted by molar-refractivity contribution is 6.06. The number of alkyl carbamates (subject to hydrolysis) is 1. The van der Waals surface area contributed by atoms with Crippen LogP contribution in [0.5, 0.6) is 11.5 Å². The number of fused-ring (bicyclic) bond motifs is 1. The van der Waals surface area contributed by atoms with Crippen molar-refractivity contribution in [3.63, 3.8) is 0 Å². The van der Waals surface area contributed by atoms with Crippen LogP contribution in [0, 0.1) is 5.92 Å². The van der Waals surface area contributed by atoms with Crippen LogP contribution in [0.3, 0.4) is 0 Å². The number of halogens is 3. The Bertz CT molecular complexity index is 2450. The molecule has 0 radical (unpaired) electrons. The van der Waals surface area contributed by atoms with Crippen molar-refractivity contribution in [2.75, 3.05) is 31.4 Å². The van der Waals surface area contributed by atoms with Gasteiger partial charge in [0.05, 0.1) is 42.6 Å². The SMILES string of the molecule is COc1ccc(CNc2ncc(/C=C/CCCCNC(=O)OC(C)(C)C)c3c2c(-c2ccc(C(=O)Nc4cc(C(F)(F)F)ccn4)cc2)nn3[C@@H]2CCC[C@@H](C(=O)O)C2)c(OC)c1. The number of hydrogen-bond donors (Lipinski definition) is 4. The molecule has 4 N–H and O–H groups in total. The van der Waals surface area contributed by atoms with Gasteiger partial charge in [0, 0.05) is 53.8 Å². The second kappa shape index (κ2) is 20.0. The molecule has 6 rings (SSSR count). The number of anilines is 2. The molecule has 14 nitrogen and oxygen atoms in total. The second-order valence-electron chi connectivity index (χ2n) is 16.3. The van der Waals surface area contributed by atoms with Crippen molar-refractivity contribution in [3.05, 3.63) is 95.3 Å². The van der Waals surface area contributed by atoms with E-state index in [-0.39, 0.29) is 17.4 Å². The Morgan fingerprint density at radius 3 is 2.44 bits per heavy atom. The van der Waals surface area contributed by atoms with Crippen LogP contribution in [0.4, 0.5) is 29.6 Å². The summed E-state index contributed by atoms with van der Waals surface area (Å²) in [6.07, 6.45) is 6.19. The molecule has 334 valence electrons. The van der Waals surface area contributed by atoms with Crippen LogP contribution in [0.2, 0.25) is 0 Å². The van der Waals surface area contributed by atoms with Crippen LogP contribution in [-0.4, -0.2) is 69.2 Å². The maximum atomic E-state index is 13.3. The lowest BCUT2D eigenvalue weighted by molar-refractivity contribution is -0.143. The van der Waals surface area contributed by atoms with E-state index in [2.05, 4.69) is 20.9 Å². The van der Waals surface area contributed by atoms with E-state index in [0.717, 1.165) is 47.8 Å². The summed E-state index contributed by atoms with van der Waals surface area (Å²) in [7, 11) is 3.15. The van der Waals surface area contributed by atoms with Crippen molar-refractivity contribution in [2.45, 2.75) is 90.1 Å². The minimum Gasteiger partial charge on any atom is -0.497 e. The molecule has 0 aliphatic heterocycles. The van der Waals surface area contributed by atoms with E-state index >= 15 is 0 Å². The van der Waals surface area contributed by atoms with Crippen LogP contribution in [0.25, 0.3) is 28.2 Å². The number of amides is 2. The molecular weight excluding hydrogens is 820 g/mol. The summed E-state index contributed by atoms with van der Waals surface area (Å²) in [5.74, 6) is -0.579. The van der Waals surface area contributed by atoms with Crippen LogP contribution in [0.15, 0.2) is 73.1 Å². The Balaban J connectivity index is 1.37. The van der Waals surface area contributed by atoms with E-state index in [9.17, 15) is 32.7 Å². The number of allylic oxidation sites excluding steroid dienone is 1. The molecule has 2 atom stereocenters. The summed E-state index contributed by atoms with van der Waals surface area (Å²) in [5, 5.41) is 24.6. The zero-order chi connectivity index (χ0) is 45.3. The van der Waals surface area contributed by atoms with Gasteiger partial charge in [-0.3, -0.25) is 14.3 Å². The van der Waals surface area contributed by atoms with E-state index in [0.29, 0.717) is 79.2 Å². The molecule has 3 aromatic heterocycles. The molecule has 2 aromatic carbocycles. The third-order valence-electron chi connectivity index (χ3n) is 10.5. The molecule has 63 heavy (non-hydrogen) atoms. The Morgan fingerprint density at radius 1 is 0.968 bits per heavy atom. The number of benzene rings is 2. The summed E-state index contributed by atoms with van der Waals surface area (Å²) in [6.45, 7) is 6.19. The number of aromatic nitrogens is 4. The molecular formula is C46H52F3N7O7. The minimum atomic E-state index is -4.61. The zero-order valence-corrected chi connectivity index (χ0v) is 35.8. The third-order valence-corrected chi connectivity index (χ3v) is 10.5. The largest absolute Gasteiger partial charge is 0.497 e. The van der Waals surface area contributed by atoms with Crippen molar-refractivity contribution in [2.24, 2.45) is 5.92 Å². The first-order valence-corrected chi connectivity index (χ1v) is 20.7. The van der Waals surface area contributed by atoms with Crippen LogP contribution in [0.1, 0.15) is 98.8 Å². The molecule has 17 heteroatoms. The van der Waals surface area contributed by atoms with Crippen LogP contribution in [-0.2, 0) is 22.3 Å². The van der Waals surface area contributed by atoms with Gasteiger partial charge >= 0.3 is 18.2 Å². The molecule has 1 fully saturated rings. The summed E-state index contributed by atoms with van der Waals surface area (Å²) >= 11 is 0. The van der Waals surface area contributed by atoms with E-state index in [4.69, 9.17) is 24.3 Å². The van der Waals surface area contributed by atoms with Crippen molar-refractivity contribution >= 4 is 46.6 Å². The number of methoxy groups -OCH3 is 2. The quantitative estimate of drug-likeness (QED) is 0.0694. The van der Waals surface area contributed by atoms with Crippen LogP contribution >= 0.6 is 0 Å². The number of carboxylic acid groups (broad SMARTS) is 1. The van der Waals surface area contributed by atoms with E-state index < -0.39 is 41.2 Å². The lowest BCUT2D eigenvalue weighted by atomic mass is 9.86. The molecule has 3 heterocycles. The van der Waals surface area contributed by atoms with E-state index in [1.54, 1.807) is 50.7 Å². The molecule has 5 aromatic rings. The number of nitrogens with zero attached hydrogens (tertiary/aromatic N) is 4. The Hall–Kier alpha value is -6.65. The maximum absolute atomic E-state index is 13.3. The van der Waals surface area contributed by atoms with Crippen molar-refractivity contribution in [3.8, 4) is 22.8 Å². The number of carbonyl (C=O) groups is 3. The lowest BCUT2D eigenvalue weighted by Gasteiger charge is -2.27. The van der Waals surface area contributed by atoms with Crippen molar-refractivity contribution in [1.82, 2.24) is 25.1 Å². The Kier molecular flexibility index (Phi) is 14.6. The molecule has 0 spiro atoms. The van der Waals surface area contributed by atoms with Gasteiger partial charge in [0.25, 0.3) is 5.91 Å². The van der Waals surface area contributed by atoms with Gasteiger partial charge in [-0.15, -0.1) is 0 Å². The van der Waals surface area contributed by atoms with Gasteiger partial charge in [-0.2, -0.15) is 18.3 Å². The fourth-order valence-corrected chi connectivity index (χ4v) is 7.45. The number of hydrogen-bond acceptors (Lipinski definition) is 10. The monoisotopic (exact) mass is 871 g/mol. The summed E-state index contributed by atoms with van der Waals surface area (Å²) in [4.78, 5) is 46.4. The second-order valence-corrected chi connectivity index (χ2v) is 16.3. The van der Waals surface area contributed by atoms with Gasteiger partial charge in [0.15, 0.2) is 0 Å². The molecule has 0 saturated heterocycles. The Morgan fingerprint density at radius 2 is 1.75 bits per heavy atom. The normalized spacial score (nSPS) is 15.6. The third kappa shape index (κ3) is 11.8. The first-order valence-electron chi connectivity index (χ1n) is 20.7. The van der Waals surface area contributed by atoms with Gasteiger partial charge < -0.3 is 35.3 Å². The summed E-state index contributed by atoms with van der Waals surface area (Å²) in [6, 6.07) is 13.3. The highest BCUT2D eigenvalue weighted by Crippen LogP contribution is 2.41. The zero-order valence-electron chi connectivity index (χ0n) is 35.8. The first-order chi connectivity index (χ1) is 30.0. The maximum Gasteiger partial charge on any atom is 0.416 e. The molecule has 0 bridgehead atoms. The highest BCUT2D eigenvalue weighted by Gasteiger charge is 2.33. The highest BCUT2D eigenvalue weighted by atomic mass is 19.4. The molecule has 1 aliphatic rings. The standard InChI is InChI=1S/C46H52F3N7O7/c1-45(2,3)63-44(60)51-21-9-7-6-8-11-32-27-53-41(52-26-31-18-19-35(61-4)25-36(31)62-5)38-39(55-56(40(32)38)34-13-10-12-30(23-34)43(58)59)28-14-16-29(17-15-28)42(57)54-37-24-33(20-22-50-37)46(47,48)49/h8,11,14-20,22,24-25,27,30,34H,6-7,9-10,12-13,21,23,26H2,1-5H3,(H,51,60)(H,52,53)(H,58,59)(H,50,54,57)/b11-8+/t30-,34-/m1/s1. The summed E-state index contributed by atoms with van der Waals surface area (Å²) in [5.41, 5.74) is 2.10. The number of ether oxygens (including phenoxy) is 3. The number of alkyl halides is 3. The molecule has 1 aliphatic carbocycles. The van der Waals surface area contributed by atoms with E-state index in [1.807, 2.05) is 49.7 Å². The number of nitrogens with one attached hydrogen (secondary N) is 3. The number of carbonyl (C=O) groups excluding carboxylic acids is 2. The van der Waals surface area contributed by atoms with Gasteiger partial charge in [-0.05, 0) is 95.7 Å². The van der Waals surface area contributed by atoms with Gasteiger partial charge in [0.2, 0.25) is 0 Å². The number of rotatable bonds is 16. The van der Waals surface area contributed by atoms with Gasteiger partial charge in [0.1, 0.15) is 34.4 Å².